The molecule has 2 aromatic carbocycles. The number of amides is 2. The first kappa shape index (κ1) is 27.3. The van der Waals surface area contributed by atoms with Crippen LogP contribution in [0, 0.1) is 5.92 Å². The fourth-order valence-electron chi connectivity index (χ4n) is 4.25. The van der Waals surface area contributed by atoms with Crippen LogP contribution in [0.15, 0.2) is 60.7 Å². The molecule has 1 atom stereocenters. The third-order valence-corrected chi connectivity index (χ3v) is 7.73. The van der Waals surface area contributed by atoms with E-state index < -0.39 is 21.9 Å². The van der Waals surface area contributed by atoms with E-state index >= 15 is 0 Å². The number of thiophene rings is 1. The summed E-state index contributed by atoms with van der Waals surface area (Å²) in [6, 6.07) is 18.0. The highest BCUT2D eigenvalue weighted by atomic mass is 32.2. The number of nitrogens with zero attached hydrogens (tertiary/aromatic N) is 1. The van der Waals surface area contributed by atoms with Crippen molar-refractivity contribution in [3.63, 3.8) is 0 Å². The van der Waals surface area contributed by atoms with E-state index in [9.17, 15) is 22.8 Å². The Kier molecular flexibility index (Phi) is 8.48. The highest BCUT2D eigenvalue weighted by Crippen LogP contribution is 2.36. The van der Waals surface area contributed by atoms with Crippen LogP contribution in [0.3, 0.4) is 0 Å². The minimum Gasteiger partial charge on any atom is -0.462 e. The minimum absolute atomic E-state index is 0.0893. The molecule has 0 saturated carbocycles. The summed E-state index contributed by atoms with van der Waals surface area (Å²) in [5.41, 5.74) is 2.29. The van der Waals surface area contributed by atoms with Crippen LogP contribution in [-0.2, 0) is 30.8 Å². The molecule has 0 bridgehead atoms. The van der Waals surface area contributed by atoms with E-state index in [4.69, 9.17) is 4.74 Å². The first-order valence-corrected chi connectivity index (χ1v) is 14.9. The van der Waals surface area contributed by atoms with E-state index in [0.717, 1.165) is 16.7 Å². The van der Waals surface area contributed by atoms with Crippen LogP contribution in [0.4, 0.5) is 10.7 Å². The maximum absolute atomic E-state index is 13.1. The van der Waals surface area contributed by atoms with Gasteiger partial charge in [-0.3, -0.25) is 14.3 Å². The highest BCUT2D eigenvalue weighted by molar-refractivity contribution is 7.92. The van der Waals surface area contributed by atoms with Gasteiger partial charge >= 0.3 is 5.97 Å². The summed E-state index contributed by atoms with van der Waals surface area (Å²) >= 11 is 1.31. The van der Waals surface area contributed by atoms with E-state index in [1.807, 2.05) is 30.3 Å². The molecule has 2 N–H and O–H groups in total. The van der Waals surface area contributed by atoms with Crippen LogP contribution in [0.25, 0.3) is 10.4 Å². The lowest BCUT2D eigenvalue weighted by atomic mass is 10.1. The highest BCUT2D eigenvalue weighted by Gasteiger charge is 2.32. The molecule has 38 heavy (non-hydrogen) atoms. The summed E-state index contributed by atoms with van der Waals surface area (Å²) in [5, 5.41) is 3.32. The Labute approximate surface area is 225 Å². The molecule has 2 heterocycles. The maximum Gasteiger partial charge on any atom is 0.341 e. The van der Waals surface area contributed by atoms with Crippen molar-refractivity contribution >= 4 is 49.8 Å². The van der Waals surface area contributed by atoms with Gasteiger partial charge in [-0.1, -0.05) is 42.5 Å². The molecular weight excluding hydrogens is 526 g/mol. The number of carbonyl (C=O) groups is 3. The largest absolute Gasteiger partial charge is 0.462 e. The van der Waals surface area contributed by atoms with Gasteiger partial charge in [0.2, 0.25) is 21.8 Å². The predicted molar refractivity (Wildman–Crippen MR) is 148 cm³/mol. The molecule has 3 aromatic rings. The van der Waals surface area contributed by atoms with Crippen LogP contribution in [-0.4, -0.2) is 57.1 Å². The molecule has 11 heteroatoms. The van der Waals surface area contributed by atoms with E-state index in [1.54, 1.807) is 42.2 Å². The Morgan fingerprint density at radius 1 is 1.08 bits per heavy atom. The van der Waals surface area contributed by atoms with E-state index in [0.29, 0.717) is 34.8 Å². The molecule has 1 unspecified atom stereocenters. The zero-order valence-corrected chi connectivity index (χ0v) is 22.7. The molecule has 9 nitrogen and oxygen atoms in total. The van der Waals surface area contributed by atoms with E-state index in [2.05, 4.69) is 10.0 Å². The summed E-state index contributed by atoms with van der Waals surface area (Å²) in [6.07, 6.45) is 1.65. The molecule has 0 aliphatic carbocycles. The van der Waals surface area contributed by atoms with Gasteiger partial charge in [-0.25, -0.2) is 13.2 Å². The van der Waals surface area contributed by atoms with Gasteiger partial charge in [-0.2, -0.15) is 0 Å². The van der Waals surface area contributed by atoms with Crippen LogP contribution >= 0.6 is 11.3 Å². The van der Waals surface area contributed by atoms with E-state index in [-0.39, 0.29) is 31.4 Å². The zero-order valence-electron chi connectivity index (χ0n) is 21.1. The molecule has 2 amide bonds. The summed E-state index contributed by atoms with van der Waals surface area (Å²) < 4.78 is 30.6. The first-order valence-electron chi connectivity index (χ1n) is 12.1. The molecule has 4 rings (SSSR count). The second kappa shape index (κ2) is 11.8. The lowest BCUT2D eigenvalue weighted by Crippen LogP contribution is -2.32. The number of hydrogen-bond acceptors (Lipinski definition) is 7. The Hall–Kier alpha value is -3.70. The average Bonchev–Trinajstić information content (AvgIpc) is 3.52. The molecule has 1 aliphatic rings. The topological polar surface area (TPSA) is 122 Å². The van der Waals surface area contributed by atoms with Gasteiger partial charge in [0.1, 0.15) is 5.00 Å². The zero-order chi connectivity index (χ0) is 27.3. The molecule has 200 valence electrons. The van der Waals surface area contributed by atoms with Crippen LogP contribution < -0.4 is 10.0 Å². The van der Waals surface area contributed by atoms with Gasteiger partial charge in [0.15, 0.2) is 0 Å². The standard InChI is InChI=1S/C27H29N3O6S2/c1-3-36-27(33)22-16-23(19-9-5-4-6-10-19)37-26(22)28-25(32)20-12-13-30(17-20)24(31)15-18-8-7-11-21(14-18)29-38(2,34)35/h4-11,14,16,20,29H,3,12-13,15,17H2,1-2H3,(H,28,32). The van der Waals surface area contributed by atoms with Crippen LogP contribution in [0.1, 0.15) is 29.3 Å². The molecule has 1 aliphatic heterocycles. The van der Waals surface area contributed by atoms with Gasteiger partial charge in [0.25, 0.3) is 0 Å². The molecule has 0 spiro atoms. The van der Waals surface area contributed by atoms with Crippen molar-refractivity contribution in [1.29, 1.82) is 0 Å². The van der Waals surface area contributed by atoms with Gasteiger partial charge in [0, 0.05) is 23.7 Å². The summed E-state index contributed by atoms with van der Waals surface area (Å²) in [4.78, 5) is 41.1. The van der Waals surface area contributed by atoms with Crippen molar-refractivity contribution in [3.8, 4) is 10.4 Å². The number of benzene rings is 2. The third-order valence-electron chi connectivity index (χ3n) is 6.02. The van der Waals surface area contributed by atoms with Crippen LogP contribution in [0.5, 0.6) is 0 Å². The second-order valence-corrected chi connectivity index (χ2v) is 11.8. The Balaban J connectivity index is 1.41. The number of hydrogen-bond donors (Lipinski definition) is 2. The number of nitrogens with one attached hydrogen (secondary N) is 2. The van der Waals surface area contributed by atoms with Crippen molar-refractivity contribution in [3.05, 3.63) is 71.8 Å². The van der Waals surface area contributed by atoms with Crippen molar-refractivity contribution < 1.29 is 27.5 Å². The number of anilines is 2. The summed E-state index contributed by atoms with van der Waals surface area (Å²) in [5.74, 6) is -1.33. The number of esters is 1. The van der Waals surface area contributed by atoms with Crippen molar-refractivity contribution in [2.45, 2.75) is 19.8 Å². The normalized spacial score (nSPS) is 15.2. The fraction of sp³-hybridized carbons (Fsp3) is 0.296. The number of rotatable bonds is 9. The SMILES string of the molecule is CCOC(=O)c1cc(-c2ccccc2)sc1NC(=O)C1CCN(C(=O)Cc2cccc(NS(C)(=O)=O)c2)C1. The first-order chi connectivity index (χ1) is 18.1. The summed E-state index contributed by atoms with van der Waals surface area (Å²) in [7, 11) is -3.42. The Bertz CT molecular complexity index is 1440. The molecule has 1 fully saturated rings. The van der Waals surface area contributed by atoms with Gasteiger partial charge in [-0.15, -0.1) is 11.3 Å². The number of carbonyl (C=O) groups excluding carboxylic acids is 3. The molecule has 1 aromatic heterocycles. The average molecular weight is 556 g/mol. The van der Waals surface area contributed by atoms with Gasteiger partial charge < -0.3 is 15.0 Å². The fourth-order valence-corrected chi connectivity index (χ4v) is 5.86. The smallest absolute Gasteiger partial charge is 0.341 e. The molecular formula is C27H29N3O6S2. The van der Waals surface area contributed by atoms with Crippen molar-refractivity contribution in [2.75, 3.05) is 36.0 Å². The minimum atomic E-state index is -3.42. The van der Waals surface area contributed by atoms with Crippen molar-refractivity contribution in [2.24, 2.45) is 5.92 Å². The monoisotopic (exact) mass is 555 g/mol. The second-order valence-electron chi connectivity index (χ2n) is 9.01. The van der Waals surface area contributed by atoms with Gasteiger partial charge in [0.05, 0.1) is 30.8 Å². The lowest BCUT2D eigenvalue weighted by Gasteiger charge is -2.17. The van der Waals surface area contributed by atoms with E-state index in [1.165, 1.54) is 11.3 Å². The van der Waals surface area contributed by atoms with Gasteiger partial charge in [-0.05, 0) is 42.7 Å². The quantitative estimate of drug-likeness (QED) is 0.385. The molecule has 1 saturated heterocycles. The number of ether oxygens (including phenoxy) is 1. The maximum atomic E-state index is 13.1. The number of sulfonamides is 1. The number of likely N-dealkylation sites (tertiary alicyclic amines) is 1. The predicted octanol–water partition coefficient (Wildman–Crippen LogP) is 3.99. The summed E-state index contributed by atoms with van der Waals surface area (Å²) in [6.45, 7) is 2.64. The van der Waals surface area contributed by atoms with Crippen molar-refractivity contribution in [1.82, 2.24) is 4.90 Å². The Morgan fingerprint density at radius 3 is 2.55 bits per heavy atom. The lowest BCUT2D eigenvalue weighted by molar-refractivity contribution is -0.129. The molecule has 0 radical (unpaired) electrons. The third kappa shape index (κ3) is 6.99. The Morgan fingerprint density at radius 2 is 1.84 bits per heavy atom. The van der Waals surface area contributed by atoms with Crippen LogP contribution in [0.2, 0.25) is 0 Å².